The highest BCUT2D eigenvalue weighted by molar-refractivity contribution is 7.17. The SMILES string of the molecule is CCCC[C@H](COc1ccc(N2Cc3cc(-c4ccc(Cl)cn4)sc3C2=O)cc1OC)OC(=O)CN.Cl. The summed E-state index contributed by atoms with van der Waals surface area (Å²) in [5.41, 5.74) is 7.83. The number of amides is 1. The molecule has 1 aromatic carbocycles. The summed E-state index contributed by atoms with van der Waals surface area (Å²) in [4.78, 5) is 32.5. The Morgan fingerprint density at radius 3 is 2.70 bits per heavy atom. The second-order valence-corrected chi connectivity index (χ2v) is 9.81. The Hall–Kier alpha value is -2.85. The average molecular weight is 567 g/mol. The molecule has 0 aliphatic carbocycles. The summed E-state index contributed by atoms with van der Waals surface area (Å²) in [6.07, 6.45) is 3.76. The third-order valence-corrected chi connectivity index (χ3v) is 7.20. The maximum Gasteiger partial charge on any atom is 0.320 e. The van der Waals surface area contributed by atoms with E-state index in [0.29, 0.717) is 40.1 Å². The molecule has 1 aliphatic heterocycles. The van der Waals surface area contributed by atoms with Gasteiger partial charge in [0.05, 0.1) is 40.7 Å². The summed E-state index contributed by atoms with van der Waals surface area (Å²) < 4.78 is 16.9. The number of aromatic nitrogens is 1. The maximum atomic E-state index is 13.2. The van der Waals surface area contributed by atoms with Crippen molar-refractivity contribution in [2.24, 2.45) is 5.73 Å². The van der Waals surface area contributed by atoms with Crippen LogP contribution in [-0.2, 0) is 16.1 Å². The number of carbonyl (C=O) groups is 2. The normalized spacial score (nSPS) is 13.1. The van der Waals surface area contributed by atoms with Crippen LogP contribution in [0.25, 0.3) is 10.6 Å². The molecule has 37 heavy (non-hydrogen) atoms. The van der Waals surface area contributed by atoms with Crippen LogP contribution in [0.5, 0.6) is 11.5 Å². The number of halogens is 2. The van der Waals surface area contributed by atoms with Gasteiger partial charge < -0.3 is 24.8 Å². The van der Waals surface area contributed by atoms with Crippen LogP contribution in [0.15, 0.2) is 42.6 Å². The van der Waals surface area contributed by atoms with Crippen molar-refractivity contribution in [1.29, 1.82) is 0 Å². The number of rotatable bonds is 11. The quantitative estimate of drug-likeness (QED) is 0.306. The van der Waals surface area contributed by atoms with Crippen molar-refractivity contribution in [3.63, 3.8) is 0 Å². The Morgan fingerprint density at radius 2 is 2.05 bits per heavy atom. The van der Waals surface area contributed by atoms with Gasteiger partial charge in [0, 0.05) is 18.0 Å². The van der Waals surface area contributed by atoms with Crippen molar-refractivity contribution < 1.29 is 23.8 Å². The number of hydrogen-bond donors (Lipinski definition) is 1. The number of benzene rings is 1. The van der Waals surface area contributed by atoms with Crippen molar-refractivity contribution >= 4 is 52.9 Å². The lowest BCUT2D eigenvalue weighted by molar-refractivity contribution is -0.149. The molecule has 4 rings (SSSR count). The zero-order valence-electron chi connectivity index (χ0n) is 20.6. The predicted molar refractivity (Wildman–Crippen MR) is 147 cm³/mol. The number of carbonyl (C=O) groups excluding carboxylic acids is 2. The molecular weight excluding hydrogens is 537 g/mol. The molecule has 2 aromatic heterocycles. The number of nitrogens with zero attached hydrogens (tertiary/aromatic N) is 2. The smallest absolute Gasteiger partial charge is 0.320 e. The summed E-state index contributed by atoms with van der Waals surface area (Å²) in [5, 5.41) is 0.569. The summed E-state index contributed by atoms with van der Waals surface area (Å²) in [5.74, 6) is 0.460. The molecule has 0 bridgehead atoms. The van der Waals surface area contributed by atoms with Crippen LogP contribution >= 0.6 is 35.3 Å². The molecule has 0 saturated carbocycles. The average Bonchev–Trinajstić information content (AvgIpc) is 3.45. The van der Waals surface area contributed by atoms with Crippen LogP contribution in [0.1, 0.15) is 41.4 Å². The minimum Gasteiger partial charge on any atom is -0.493 e. The fourth-order valence-corrected chi connectivity index (χ4v) is 5.13. The lowest BCUT2D eigenvalue weighted by atomic mass is 10.2. The Morgan fingerprint density at radius 1 is 1.24 bits per heavy atom. The number of nitrogens with two attached hydrogens (primary N) is 1. The summed E-state index contributed by atoms with van der Waals surface area (Å²) >= 11 is 7.36. The standard InChI is InChI=1S/C26H28ClN3O5S.ClH/c1-3-4-5-19(35-24(31)12-28)15-34-21-9-7-18(11-22(21)33-2)30-14-16-10-23(36-25(16)26(30)32)20-8-6-17(27)13-29-20;/h6-11,13,19H,3-5,12,14-15,28H2,1-2H3;1H/t19-;/m1./s1. The second-order valence-electron chi connectivity index (χ2n) is 8.32. The molecule has 198 valence electrons. The molecule has 2 N–H and O–H groups in total. The van der Waals surface area contributed by atoms with Gasteiger partial charge in [0.1, 0.15) is 12.7 Å². The van der Waals surface area contributed by atoms with Gasteiger partial charge in [-0.05, 0) is 48.7 Å². The number of pyridine rings is 1. The van der Waals surface area contributed by atoms with Gasteiger partial charge in [-0.1, -0.05) is 24.9 Å². The van der Waals surface area contributed by atoms with E-state index in [2.05, 4.69) is 11.9 Å². The first-order valence-electron chi connectivity index (χ1n) is 11.7. The topological polar surface area (TPSA) is 104 Å². The Labute approximate surface area is 231 Å². The van der Waals surface area contributed by atoms with Gasteiger partial charge in [0.15, 0.2) is 11.5 Å². The van der Waals surface area contributed by atoms with Crippen LogP contribution in [0.3, 0.4) is 0 Å². The van der Waals surface area contributed by atoms with Crippen LogP contribution in [-0.4, -0.2) is 43.2 Å². The van der Waals surface area contributed by atoms with Crippen LogP contribution in [0.4, 0.5) is 5.69 Å². The lowest BCUT2D eigenvalue weighted by Crippen LogP contribution is -2.28. The molecule has 1 aliphatic rings. The molecule has 1 atom stereocenters. The summed E-state index contributed by atoms with van der Waals surface area (Å²) in [7, 11) is 1.54. The van der Waals surface area contributed by atoms with E-state index in [4.69, 9.17) is 31.5 Å². The molecule has 0 fully saturated rings. The van der Waals surface area contributed by atoms with Crippen LogP contribution < -0.4 is 20.1 Å². The zero-order chi connectivity index (χ0) is 25.7. The molecule has 0 radical (unpaired) electrons. The second kappa shape index (κ2) is 13.1. The van der Waals surface area contributed by atoms with Gasteiger partial charge in [0.2, 0.25) is 0 Å². The van der Waals surface area contributed by atoms with Gasteiger partial charge in [-0.25, -0.2) is 0 Å². The lowest BCUT2D eigenvalue weighted by Gasteiger charge is -2.21. The van der Waals surface area contributed by atoms with Crippen molar-refractivity contribution in [2.45, 2.75) is 38.8 Å². The monoisotopic (exact) mass is 565 g/mol. The van der Waals surface area contributed by atoms with Crippen molar-refractivity contribution in [3.05, 3.63) is 58.1 Å². The summed E-state index contributed by atoms with van der Waals surface area (Å²) in [6, 6.07) is 11.0. The summed E-state index contributed by atoms with van der Waals surface area (Å²) in [6.45, 7) is 2.53. The highest BCUT2D eigenvalue weighted by atomic mass is 35.5. The van der Waals surface area contributed by atoms with Gasteiger partial charge >= 0.3 is 5.97 Å². The van der Waals surface area contributed by atoms with Crippen LogP contribution in [0.2, 0.25) is 5.02 Å². The number of thiophene rings is 1. The van der Waals surface area contributed by atoms with Gasteiger partial charge in [-0.2, -0.15) is 0 Å². The first-order chi connectivity index (χ1) is 17.4. The molecule has 0 unspecified atom stereocenters. The first-order valence-corrected chi connectivity index (χ1v) is 12.9. The molecule has 3 heterocycles. The number of esters is 1. The van der Waals surface area contributed by atoms with E-state index in [-0.39, 0.29) is 31.5 Å². The van der Waals surface area contributed by atoms with Gasteiger partial charge in [-0.3, -0.25) is 14.6 Å². The van der Waals surface area contributed by atoms with Crippen molar-refractivity contribution in [3.8, 4) is 22.1 Å². The van der Waals surface area contributed by atoms with Gasteiger partial charge in [0.25, 0.3) is 5.91 Å². The third kappa shape index (κ3) is 6.73. The zero-order valence-corrected chi connectivity index (χ0v) is 23.0. The van der Waals surface area contributed by atoms with E-state index in [1.54, 1.807) is 36.4 Å². The molecule has 11 heteroatoms. The molecule has 3 aromatic rings. The van der Waals surface area contributed by atoms with E-state index < -0.39 is 12.1 Å². The Bertz CT molecular complexity index is 1240. The minimum absolute atomic E-state index is 0. The number of ether oxygens (including phenoxy) is 3. The number of hydrogen-bond acceptors (Lipinski definition) is 8. The predicted octanol–water partition coefficient (Wildman–Crippen LogP) is 5.49. The molecule has 1 amide bonds. The first kappa shape index (κ1) is 28.7. The largest absolute Gasteiger partial charge is 0.493 e. The number of methoxy groups -OCH3 is 1. The van der Waals surface area contributed by atoms with E-state index >= 15 is 0 Å². The molecule has 8 nitrogen and oxygen atoms in total. The minimum atomic E-state index is -0.461. The van der Waals surface area contributed by atoms with E-state index in [1.165, 1.54) is 11.3 Å². The Balaban J connectivity index is 0.00000380. The fraction of sp³-hybridized carbons (Fsp3) is 0.346. The van der Waals surface area contributed by atoms with Crippen LogP contribution in [0, 0.1) is 0 Å². The molecule has 0 spiro atoms. The molecular formula is C26H29Cl2N3O5S. The number of unbranched alkanes of at least 4 members (excludes halogenated alkanes) is 1. The van der Waals surface area contributed by atoms with Crippen molar-refractivity contribution in [1.82, 2.24) is 4.98 Å². The fourth-order valence-electron chi connectivity index (χ4n) is 3.92. The van der Waals surface area contributed by atoms with E-state index in [1.807, 2.05) is 18.2 Å². The van der Waals surface area contributed by atoms with Crippen molar-refractivity contribution in [2.75, 3.05) is 25.2 Å². The number of fused-ring (bicyclic) bond motifs is 1. The molecule has 0 saturated heterocycles. The highest BCUT2D eigenvalue weighted by Gasteiger charge is 2.32. The van der Waals surface area contributed by atoms with E-state index in [0.717, 1.165) is 29.0 Å². The number of anilines is 1. The Kier molecular flexibility index (Phi) is 10.2. The third-order valence-electron chi connectivity index (χ3n) is 5.78. The maximum absolute atomic E-state index is 13.2. The van der Waals surface area contributed by atoms with E-state index in [9.17, 15) is 9.59 Å². The highest BCUT2D eigenvalue weighted by Crippen LogP contribution is 2.40. The van der Waals surface area contributed by atoms with Gasteiger partial charge in [-0.15, -0.1) is 23.7 Å².